The Morgan fingerprint density at radius 2 is 2.00 bits per heavy atom. The number of carbonyl (C=O) groups excluding carboxylic acids is 1. The van der Waals surface area contributed by atoms with Crippen molar-refractivity contribution in [2.75, 3.05) is 5.32 Å². The Kier molecular flexibility index (Phi) is 7.31. The minimum Gasteiger partial charge on any atom is -0.374 e. The van der Waals surface area contributed by atoms with E-state index in [-0.39, 0.29) is 28.1 Å². The second kappa shape index (κ2) is 9.85. The van der Waals surface area contributed by atoms with Crippen LogP contribution < -0.4 is 10.6 Å². The minimum atomic E-state index is -4.81. The molecular weight excluding hydrogens is 471 g/mol. The van der Waals surface area contributed by atoms with Crippen molar-refractivity contribution in [2.45, 2.75) is 39.2 Å². The minimum absolute atomic E-state index is 0.000160. The van der Waals surface area contributed by atoms with E-state index < -0.39 is 29.7 Å². The number of amides is 1. The number of carbonyl (C=O) groups is 1. The van der Waals surface area contributed by atoms with E-state index in [4.69, 9.17) is 18.0 Å². The predicted octanol–water partition coefficient (Wildman–Crippen LogP) is 4.47. The summed E-state index contributed by atoms with van der Waals surface area (Å²) in [6.45, 7) is 5.27. The maximum absolute atomic E-state index is 13.4. The van der Waals surface area contributed by atoms with E-state index in [1.165, 1.54) is 24.4 Å². The van der Waals surface area contributed by atoms with Crippen molar-refractivity contribution in [2.24, 2.45) is 0 Å². The molecule has 2 heterocycles. The molecule has 34 heavy (non-hydrogen) atoms. The molecule has 0 aliphatic carbocycles. The van der Waals surface area contributed by atoms with E-state index in [1.54, 1.807) is 13.0 Å². The molecule has 178 valence electrons. The number of anilines is 1. The van der Waals surface area contributed by atoms with Gasteiger partial charge < -0.3 is 10.4 Å². The topological polar surface area (TPSA) is 92.1 Å². The Balaban J connectivity index is 2.11. The Hall–Kier alpha value is -3.39. The molecule has 0 aliphatic rings. The summed E-state index contributed by atoms with van der Waals surface area (Å²) in [6, 6.07) is 6.51. The van der Waals surface area contributed by atoms with Crippen LogP contribution in [0.4, 0.5) is 18.9 Å². The van der Waals surface area contributed by atoms with E-state index in [0.29, 0.717) is 17.2 Å². The first kappa shape index (κ1) is 25.2. The van der Waals surface area contributed by atoms with Crippen LogP contribution in [0.2, 0.25) is 5.02 Å². The summed E-state index contributed by atoms with van der Waals surface area (Å²) in [5, 5.41) is 19.7. The van der Waals surface area contributed by atoms with Gasteiger partial charge in [-0.15, -0.1) is 6.42 Å². The highest BCUT2D eigenvalue weighted by Gasteiger charge is 2.36. The number of halogens is 4. The van der Waals surface area contributed by atoms with Gasteiger partial charge in [0.2, 0.25) is 0 Å². The fourth-order valence-electron chi connectivity index (χ4n) is 3.24. The summed E-state index contributed by atoms with van der Waals surface area (Å²) in [5.74, 6) is 1.41. The fraction of sp³-hybridized carbons (Fsp3) is 0.261. The number of hydrogen-bond donors (Lipinski definition) is 3. The van der Waals surface area contributed by atoms with Crippen molar-refractivity contribution < 1.29 is 23.1 Å². The summed E-state index contributed by atoms with van der Waals surface area (Å²) in [5.41, 5.74) is -0.335. The van der Waals surface area contributed by atoms with Gasteiger partial charge >= 0.3 is 6.18 Å². The summed E-state index contributed by atoms with van der Waals surface area (Å²) in [7, 11) is 0. The molecule has 0 aliphatic heterocycles. The van der Waals surface area contributed by atoms with Gasteiger partial charge in [-0.25, -0.2) is 9.67 Å². The van der Waals surface area contributed by atoms with Gasteiger partial charge in [0.1, 0.15) is 11.9 Å². The maximum Gasteiger partial charge on any atom is 0.435 e. The van der Waals surface area contributed by atoms with Crippen LogP contribution in [-0.2, 0) is 6.18 Å². The van der Waals surface area contributed by atoms with E-state index in [9.17, 15) is 23.1 Å². The van der Waals surface area contributed by atoms with E-state index >= 15 is 0 Å². The Morgan fingerprint density at radius 3 is 2.59 bits per heavy atom. The number of alkyl halides is 3. The summed E-state index contributed by atoms with van der Waals surface area (Å²) in [6.07, 6.45) is 0.792. The van der Waals surface area contributed by atoms with Crippen molar-refractivity contribution in [3.8, 4) is 18.2 Å². The number of aryl methyl sites for hydroxylation is 1. The smallest absolute Gasteiger partial charge is 0.374 e. The molecule has 2 aromatic heterocycles. The zero-order valence-corrected chi connectivity index (χ0v) is 19.2. The van der Waals surface area contributed by atoms with Crippen LogP contribution in [0.1, 0.15) is 52.9 Å². The van der Waals surface area contributed by atoms with E-state index in [0.717, 1.165) is 4.68 Å². The van der Waals surface area contributed by atoms with Crippen molar-refractivity contribution in [3.63, 3.8) is 0 Å². The van der Waals surface area contributed by atoms with Crippen LogP contribution >= 0.6 is 11.6 Å². The van der Waals surface area contributed by atoms with Gasteiger partial charge in [-0.05, 0) is 50.6 Å². The van der Waals surface area contributed by atoms with Crippen LogP contribution in [0.5, 0.6) is 0 Å². The van der Waals surface area contributed by atoms with Gasteiger partial charge in [-0.2, -0.15) is 18.3 Å². The molecule has 1 aromatic carbocycles. The van der Waals surface area contributed by atoms with Crippen molar-refractivity contribution >= 4 is 23.2 Å². The van der Waals surface area contributed by atoms with Gasteiger partial charge in [0.05, 0.1) is 10.7 Å². The van der Waals surface area contributed by atoms with Gasteiger partial charge in [0.15, 0.2) is 11.5 Å². The highest BCUT2D eigenvalue weighted by atomic mass is 35.5. The molecule has 0 saturated carbocycles. The van der Waals surface area contributed by atoms with Gasteiger partial charge in [-0.1, -0.05) is 17.5 Å². The number of nitrogens with one attached hydrogen (secondary N) is 2. The zero-order chi connectivity index (χ0) is 25.2. The Morgan fingerprint density at radius 1 is 1.29 bits per heavy atom. The molecule has 1 amide bonds. The molecule has 3 aromatic rings. The molecule has 7 nitrogen and oxygen atoms in total. The molecule has 0 bridgehead atoms. The summed E-state index contributed by atoms with van der Waals surface area (Å²) >= 11 is 6.10. The lowest BCUT2D eigenvalue weighted by Crippen LogP contribution is -2.29. The molecule has 1 atom stereocenters. The first-order chi connectivity index (χ1) is 15.9. The lowest BCUT2D eigenvalue weighted by atomic mass is 10.0. The molecular formula is C23H21ClF3N5O2. The third-order valence-corrected chi connectivity index (χ3v) is 5.02. The number of pyridine rings is 1. The number of rotatable bonds is 6. The zero-order valence-electron chi connectivity index (χ0n) is 18.4. The number of benzene rings is 1. The molecule has 0 fully saturated rings. The average molecular weight is 492 g/mol. The maximum atomic E-state index is 13.4. The lowest BCUT2D eigenvalue weighted by Gasteiger charge is -2.21. The molecule has 0 spiro atoms. The normalized spacial score (nSPS) is 12.5. The monoisotopic (exact) mass is 491 g/mol. The van der Waals surface area contributed by atoms with Crippen molar-refractivity contribution in [3.05, 3.63) is 69.6 Å². The lowest BCUT2D eigenvalue weighted by molar-refractivity contribution is -0.141. The quantitative estimate of drug-likeness (QED) is 0.349. The van der Waals surface area contributed by atoms with Crippen LogP contribution in [0.25, 0.3) is 5.82 Å². The van der Waals surface area contributed by atoms with Gasteiger partial charge in [-0.3, -0.25) is 10.1 Å². The van der Waals surface area contributed by atoms with E-state index in [2.05, 4.69) is 26.6 Å². The molecule has 3 rings (SSSR count). The highest BCUT2D eigenvalue weighted by molar-refractivity contribution is 6.32. The van der Waals surface area contributed by atoms with Crippen molar-refractivity contribution in [1.82, 2.24) is 20.1 Å². The number of aliphatic hydroxyl groups is 1. The summed E-state index contributed by atoms with van der Waals surface area (Å²) < 4.78 is 40.9. The number of nitrogens with zero attached hydrogens (tertiary/aromatic N) is 3. The molecule has 0 radical (unpaired) electrons. The second-order valence-electron chi connectivity index (χ2n) is 7.71. The third kappa shape index (κ3) is 5.39. The number of aliphatic hydroxyl groups excluding tert-OH is 1. The molecule has 0 saturated heterocycles. The first-order valence-corrected chi connectivity index (χ1v) is 10.4. The van der Waals surface area contributed by atoms with E-state index in [1.807, 2.05) is 13.8 Å². The highest BCUT2D eigenvalue weighted by Crippen LogP contribution is 2.32. The van der Waals surface area contributed by atoms with Crippen LogP contribution in [-0.4, -0.2) is 31.8 Å². The number of aromatic nitrogens is 3. The largest absolute Gasteiger partial charge is 0.435 e. The average Bonchev–Trinajstić information content (AvgIpc) is 3.20. The molecule has 11 heteroatoms. The number of hydrogen-bond acceptors (Lipinski definition) is 5. The van der Waals surface area contributed by atoms with Gasteiger partial charge in [0.25, 0.3) is 5.91 Å². The van der Waals surface area contributed by atoms with Gasteiger partial charge in [0, 0.05) is 29.4 Å². The number of terminal acetylenes is 1. The van der Waals surface area contributed by atoms with Crippen molar-refractivity contribution in [1.29, 1.82) is 0 Å². The second-order valence-corrected chi connectivity index (χ2v) is 8.12. The third-order valence-electron chi connectivity index (χ3n) is 4.73. The van der Waals surface area contributed by atoms with Crippen LogP contribution in [0, 0.1) is 19.3 Å². The predicted molar refractivity (Wildman–Crippen MR) is 122 cm³/mol. The van der Waals surface area contributed by atoms with Crippen LogP contribution in [0.3, 0.4) is 0 Å². The molecule has 1 unspecified atom stereocenters. The fourth-order valence-corrected chi connectivity index (χ4v) is 3.44. The van der Waals surface area contributed by atoms with Crippen LogP contribution in [0.15, 0.2) is 36.5 Å². The first-order valence-electron chi connectivity index (χ1n) is 10.1. The standard InChI is InChI=1S/C23H21ClF3N5O2/c1-5-14-9-13(4)19(15(10-14)21(33)29-12(2)3)30-22(34)17-11-18(23(25,26)27)31-32(17)20-16(24)7-6-8-28-20/h1,6-12,21,29,33H,2-4H3,(H,30,34). The Bertz CT molecular complexity index is 1260. The summed E-state index contributed by atoms with van der Waals surface area (Å²) in [4.78, 5) is 17.2. The SMILES string of the molecule is C#Cc1cc(C)c(NC(=O)c2cc(C(F)(F)F)nn2-c2ncccc2Cl)c(C(O)NC(C)C)c1. The molecule has 3 N–H and O–H groups in total. The Labute approximate surface area is 199 Å².